The van der Waals surface area contributed by atoms with Gasteiger partial charge in [0.15, 0.2) is 12.3 Å². The van der Waals surface area contributed by atoms with E-state index >= 15 is 0 Å². The number of aldehydes is 1. The van der Waals surface area contributed by atoms with Gasteiger partial charge in [-0.25, -0.2) is 4.79 Å². The Balaban J connectivity index is 2.47. The van der Waals surface area contributed by atoms with E-state index in [1.165, 1.54) is 0 Å². The van der Waals surface area contributed by atoms with Crippen molar-refractivity contribution in [2.75, 3.05) is 13.1 Å². The average molecular weight is 214 g/mol. The summed E-state index contributed by atoms with van der Waals surface area (Å²) in [4.78, 5) is 23.3. The van der Waals surface area contributed by atoms with Crippen LogP contribution in [0.4, 0.5) is 0 Å². The lowest BCUT2D eigenvalue weighted by Crippen LogP contribution is -3.18. The van der Waals surface area contributed by atoms with E-state index in [0.717, 1.165) is 37.0 Å². The highest BCUT2D eigenvalue weighted by molar-refractivity contribution is 5.75. The second-order valence-corrected chi connectivity index (χ2v) is 4.06. The molecule has 1 aliphatic heterocycles. The van der Waals surface area contributed by atoms with Crippen molar-refractivity contribution in [1.82, 2.24) is 0 Å². The van der Waals surface area contributed by atoms with Crippen molar-refractivity contribution < 1.29 is 14.5 Å². The van der Waals surface area contributed by atoms with Crippen LogP contribution in [0.1, 0.15) is 25.7 Å². The summed E-state index contributed by atoms with van der Waals surface area (Å²) in [7, 11) is 0. The third-order valence-corrected chi connectivity index (χ3v) is 2.95. The van der Waals surface area contributed by atoms with E-state index in [1.807, 2.05) is 0 Å². The Morgan fingerprint density at radius 1 is 1.60 bits per heavy atom. The average Bonchev–Trinajstić information content (AvgIpc) is 2.72. The highest BCUT2D eigenvalue weighted by atomic mass is 16.2. The van der Waals surface area contributed by atoms with E-state index in [2.05, 4.69) is 0 Å². The largest absolute Gasteiger partial charge is 0.330 e. The summed E-state index contributed by atoms with van der Waals surface area (Å²) in [6.45, 7) is 1.28. The van der Waals surface area contributed by atoms with Crippen LogP contribution in [0.3, 0.4) is 0 Å². The van der Waals surface area contributed by atoms with Gasteiger partial charge in [-0.15, -0.1) is 0 Å². The zero-order valence-electron chi connectivity index (χ0n) is 8.95. The fourth-order valence-corrected chi connectivity index (χ4v) is 2.04. The Kier molecular flexibility index (Phi) is 4.87. The fourth-order valence-electron chi connectivity index (χ4n) is 2.04. The molecule has 0 spiro atoms. The fraction of sp³-hybridized carbons (Fsp3) is 0.800. The summed E-state index contributed by atoms with van der Waals surface area (Å²) in [6, 6.07) is -0.648. The molecule has 0 aromatic carbocycles. The van der Waals surface area contributed by atoms with Gasteiger partial charge < -0.3 is 11.5 Å². The Morgan fingerprint density at radius 2 is 2.33 bits per heavy atom. The number of hydrogen-bond acceptors (Lipinski definition) is 4. The molecule has 1 fully saturated rings. The first kappa shape index (κ1) is 12.3. The van der Waals surface area contributed by atoms with Crippen LogP contribution < -0.4 is 16.4 Å². The zero-order valence-corrected chi connectivity index (χ0v) is 8.95. The lowest BCUT2D eigenvalue weighted by Gasteiger charge is -2.18. The molecule has 5 heteroatoms. The number of carbonyl (C=O) groups is 2. The molecule has 0 aromatic heterocycles. The first-order valence-corrected chi connectivity index (χ1v) is 5.51. The smallest absolute Gasteiger partial charge is 0.329 e. The van der Waals surface area contributed by atoms with E-state index in [9.17, 15) is 9.59 Å². The first-order valence-electron chi connectivity index (χ1n) is 5.51. The minimum atomic E-state index is -0.468. The van der Waals surface area contributed by atoms with Crippen molar-refractivity contribution in [2.24, 2.45) is 11.5 Å². The second-order valence-electron chi connectivity index (χ2n) is 4.06. The molecule has 15 heavy (non-hydrogen) atoms. The van der Waals surface area contributed by atoms with Gasteiger partial charge in [-0.05, 0) is 19.4 Å². The van der Waals surface area contributed by atoms with Gasteiger partial charge in [0.25, 0.3) is 0 Å². The molecule has 1 amide bonds. The molecule has 1 rings (SSSR count). The van der Waals surface area contributed by atoms with Gasteiger partial charge in [0.05, 0.1) is 6.54 Å². The third kappa shape index (κ3) is 3.09. The number of amides is 1. The molecule has 3 atom stereocenters. The SMILES string of the molecule is NCCC[C@H](N)C(=O)[NH+]1CCC[C@H]1C=O. The minimum absolute atomic E-state index is 0.0296. The highest BCUT2D eigenvalue weighted by Crippen LogP contribution is 1.99. The molecule has 5 N–H and O–H groups in total. The van der Waals surface area contributed by atoms with Crippen LogP contribution in [-0.4, -0.2) is 37.4 Å². The number of hydrogen-bond donors (Lipinski definition) is 3. The molecule has 86 valence electrons. The molecule has 1 aliphatic rings. The van der Waals surface area contributed by atoms with Crippen molar-refractivity contribution in [1.29, 1.82) is 0 Å². The summed E-state index contributed by atoms with van der Waals surface area (Å²) >= 11 is 0. The van der Waals surface area contributed by atoms with E-state index < -0.39 is 6.04 Å². The van der Waals surface area contributed by atoms with E-state index in [-0.39, 0.29) is 11.9 Å². The van der Waals surface area contributed by atoms with Crippen molar-refractivity contribution in [3.8, 4) is 0 Å². The summed E-state index contributed by atoms with van der Waals surface area (Å²) in [6.07, 6.45) is 3.97. The molecule has 1 unspecified atom stereocenters. The van der Waals surface area contributed by atoms with Crippen molar-refractivity contribution in [3.05, 3.63) is 0 Å². The molecule has 0 aromatic rings. The normalized spacial score (nSPS) is 27.6. The number of likely N-dealkylation sites (tertiary alicyclic amines) is 1. The molecule has 5 nitrogen and oxygen atoms in total. The van der Waals surface area contributed by atoms with Crippen LogP contribution in [-0.2, 0) is 9.59 Å². The van der Waals surface area contributed by atoms with Crippen molar-refractivity contribution in [3.63, 3.8) is 0 Å². The van der Waals surface area contributed by atoms with Crippen LogP contribution >= 0.6 is 0 Å². The van der Waals surface area contributed by atoms with Crippen LogP contribution in [0.15, 0.2) is 0 Å². The quantitative estimate of drug-likeness (QED) is 0.454. The van der Waals surface area contributed by atoms with Gasteiger partial charge in [0, 0.05) is 12.8 Å². The Morgan fingerprint density at radius 3 is 2.93 bits per heavy atom. The number of nitrogens with one attached hydrogen (secondary N) is 1. The van der Waals surface area contributed by atoms with Crippen LogP contribution in [0.2, 0.25) is 0 Å². The second kappa shape index (κ2) is 5.95. The topological polar surface area (TPSA) is 90.6 Å². The molecule has 1 saturated heterocycles. The summed E-state index contributed by atoms with van der Waals surface area (Å²) in [5.74, 6) is -0.0296. The van der Waals surface area contributed by atoms with Gasteiger partial charge in [-0.3, -0.25) is 9.69 Å². The van der Waals surface area contributed by atoms with E-state index in [0.29, 0.717) is 13.0 Å². The van der Waals surface area contributed by atoms with Gasteiger partial charge in [0.2, 0.25) is 0 Å². The first-order chi connectivity index (χ1) is 7.20. The Bertz CT molecular complexity index is 233. The molecule has 0 radical (unpaired) electrons. The van der Waals surface area contributed by atoms with Crippen molar-refractivity contribution >= 4 is 12.2 Å². The lowest BCUT2D eigenvalue weighted by atomic mass is 10.1. The maximum Gasteiger partial charge on any atom is 0.329 e. The van der Waals surface area contributed by atoms with Crippen molar-refractivity contribution in [2.45, 2.75) is 37.8 Å². The minimum Gasteiger partial charge on any atom is -0.330 e. The van der Waals surface area contributed by atoms with Crippen LogP contribution in [0.5, 0.6) is 0 Å². The molecular formula is C10H20N3O2+. The summed E-state index contributed by atoms with van der Waals surface area (Å²) in [5, 5.41) is 0. The Labute approximate surface area is 89.8 Å². The number of rotatable bonds is 5. The maximum absolute atomic E-state index is 11.9. The molecule has 1 heterocycles. The molecule has 0 saturated carbocycles. The third-order valence-electron chi connectivity index (χ3n) is 2.95. The molecular weight excluding hydrogens is 194 g/mol. The summed E-state index contributed by atoms with van der Waals surface area (Å²) < 4.78 is 0. The standard InChI is InChI=1S/C10H19N3O2/c11-5-1-4-9(12)10(15)13-6-2-3-8(13)7-14/h7-9H,1-6,11-12H2/p+1/t8-,9-/m0/s1. The predicted octanol–water partition coefficient (Wildman–Crippen LogP) is -2.17. The van der Waals surface area contributed by atoms with E-state index in [4.69, 9.17) is 11.5 Å². The highest BCUT2D eigenvalue weighted by Gasteiger charge is 2.36. The lowest BCUT2D eigenvalue weighted by molar-refractivity contribution is -0.823. The van der Waals surface area contributed by atoms with Crippen LogP contribution in [0, 0.1) is 0 Å². The predicted molar refractivity (Wildman–Crippen MR) is 56.2 cm³/mol. The Hall–Kier alpha value is -0.780. The maximum atomic E-state index is 11.9. The number of nitrogens with two attached hydrogens (primary N) is 2. The number of carbonyl (C=O) groups excluding carboxylic acids is 2. The molecule has 0 bridgehead atoms. The number of quaternary nitrogens is 1. The zero-order chi connectivity index (χ0) is 11.3. The van der Waals surface area contributed by atoms with Gasteiger partial charge in [-0.1, -0.05) is 0 Å². The monoisotopic (exact) mass is 214 g/mol. The van der Waals surface area contributed by atoms with Gasteiger partial charge >= 0.3 is 5.91 Å². The van der Waals surface area contributed by atoms with Crippen LogP contribution in [0.25, 0.3) is 0 Å². The summed E-state index contributed by atoms with van der Waals surface area (Å²) in [5.41, 5.74) is 11.1. The van der Waals surface area contributed by atoms with E-state index in [1.54, 1.807) is 0 Å². The van der Waals surface area contributed by atoms with Gasteiger partial charge in [0.1, 0.15) is 6.04 Å². The molecule has 0 aliphatic carbocycles. The van der Waals surface area contributed by atoms with Gasteiger partial charge in [-0.2, -0.15) is 0 Å².